The Bertz CT molecular complexity index is 850. The Kier molecular flexibility index (Phi) is 4.22. The lowest BCUT2D eigenvalue weighted by Gasteiger charge is -2.34. The van der Waals surface area contributed by atoms with Crippen molar-refractivity contribution in [1.82, 2.24) is 5.32 Å². The molecule has 0 fully saturated rings. The number of rotatable bonds is 2. The molecule has 1 aliphatic carbocycles. The van der Waals surface area contributed by atoms with Crippen molar-refractivity contribution in [3.63, 3.8) is 0 Å². The van der Waals surface area contributed by atoms with Crippen LogP contribution >= 0.6 is 11.3 Å². The molecule has 0 saturated heterocycles. The van der Waals surface area contributed by atoms with Crippen LogP contribution in [0.4, 0.5) is 5.00 Å². The molecule has 5 heteroatoms. The van der Waals surface area contributed by atoms with Crippen molar-refractivity contribution in [2.45, 2.75) is 46.2 Å². The minimum atomic E-state index is -0.260. The number of nitrogens with one attached hydrogen (secondary N) is 2. The highest BCUT2D eigenvalue weighted by molar-refractivity contribution is 7.16. The molecule has 0 spiro atoms. The molecule has 4 nitrogen and oxygen atoms in total. The van der Waals surface area contributed by atoms with Gasteiger partial charge in [0.1, 0.15) is 16.9 Å². The van der Waals surface area contributed by atoms with Gasteiger partial charge >= 0.3 is 0 Å². The number of hydrogen-bond donors (Lipinski definition) is 2. The number of para-hydroxylation sites is 1. The third-order valence-corrected chi connectivity index (χ3v) is 6.90. The first-order valence-corrected chi connectivity index (χ1v) is 10.0. The predicted octanol–water partition coefficient (Wildman–Crippen LogP) is 4.76. The van der Waals surface area contributed by atoms with Crippen molar-refractivity contribution in [1.29, 1.82) is 0 Å². The summed E-state index contributed by atoms with van der Waals surface area (Å²) in [5.41, 5.74) is 3.38. The summed E-state index contributed by atoms with van der Waals surface area (Å²) in [4.78, 5) is 14.3. The first-order valence-electron chi connectivity index (χ1n) is 9.23. The molecule has 2 heterocycles. The van der Waals surface area contributed by atoms with Crippen LogP contribution in [0.2, 0.25) is 0 Å². The van der Waals surface area contributed by atoms with Gasteiger partial charge in [-0.1, -0.05) is 39.0 Å². The molecule has 0 saturated carbocycles. The fourth-order valence-electron chi connectivity index (χ4n) is 4.10. The number of thiophene rings is 1. The molecule has 0 radical (unpaired) electrons. The van der Waals surface area contributed by atoms with Crippen LogP contribution in [-0.2, 0) is 12.8 Å². The van der Waals surface area contributed by atoms with E-state index in [4.69, 9.17) is 4.74 Å². The van der Waals surface area contributed by atoms with E-state index < -0.39 is 0 Å². The second-order valence-electron chi connectivity index (χ2n) is 8.31. The summed E-state index contributed by atoms with van der Waals surface area (Å²) < 4.78 is 5.47. The van der Waals surface area contributed by atoms with Gasteiger partial charge in [-0.25, -0.2) is 0 Å². The van der Waals surface area contributed by atoms with Crippen LogP contribution in [0.5, 0.6) is 5.75 Å². The van der Waals surface area contributed by atoms with Gasteiger partial charge in [-0.2, -0.15) is 0 Å². The summed E-state index contributed by atoms with van der Waals surface area (Å²) in [7, 11) is 1.66. The van der Waals surface area contributed by atoms with E-state index in [2.05, 4.69) is 31.4 Å². The van der Waals surface area contributed by atoms with Crippen molar-refractivity contribution >= 4 is 22.2 Å². The van der Waals surface area contributed by atoms with Crippen molar-refractivity contribution in [3.8, 4) is 5.75 Å². The molecule has 2 unspecified atom stereocenters. The molecule has 1 aliphatic heterocycles. The van der Waals surface area contributed by atoms with Crippen LogP contribution in [0.1, 0.15) is 59.7 Å². The molecule has 4 rings (SSSR count). The first kappa shape index (κ1) is 17.4. The van der Waals surface area contributed by atoms with Crippen LogP contribution in [0, 0.1) is 11.3 Å². The van der Waals surface area contributed by atoms with Crippen LogP contribution in [0.3, 0.4) is 0 Å². The third-order valence-electron chi connectivity index (χ3n) is 5.72. The van der Waals surface area contributed by atoms with Gasteiger partial charge < -0.3 is 15.4 Å². The van der Waals surface area contributed by atoms with Crippen LogP contribution in [0.15, 0.2) is 24.3 Å². The maximum absolute atomic E-state index is 12.9. The highest BCUT2D eigenvalue weighted by Gasteiger charge is 2.36. The molecule has 2 aromatic rings. The lowest BCUT2D eigenvalue weighted by atomic mass is 9.72. The molecule has 2 N–H and O–H groups in total. The van der Waals surface area contributed by atoms with E-state index in [1.54, 1.807) is 18.4 Å². The minimum Gasteiger partial charge on any atom is -0.496 e. The Morgan fingerprint density at radius 3 is 2.69 bits per heavy atom. The molecule has 2 atom stereocenters. The average molecular weight is 371 g/mol. The van der Waals surface area contributed by atoms with Gasteiger partial charge in [0.15, 0.2) is 0 Å². The van der Waals surface area contributed by atoms with Crippen LogP contribution in [0.25, 0.3) is 0 Å². The average Bonchev–Trinajstić information content (AvgIpc) is 2.98. The highest BCUT2D eigenvalue weighted by atomic mass is 32.1. The van der Waals surface area contributed by atoms with E-state index in [-0.39, 0.29) is 12.1 Å². The Morgan fingerprint density at radius 1 is 1.19 bits per heavy atom. The number of fused-ring (bicyclic) bond motifs is 3. The summed E-state index contributed by atoms with van der Waals surface area (Å²) in [6.45, 7) is 6.95. The number of methoxy groups -OCH3 is 1. The van der Waals surface area contributed by atoms with Crippen molar-refractivity contribution < 1.29 is 9.53 Å². The van der Waals surface area contributed by atoms with Crippen LogP contribution < -0.4 is 15.4 Å². The Hall–Kier alpha value is -2.01. The van der Waals surface area contributed by atoms with E-state index in [0.29, 0.717) is 11.3 Å². The highest BCUT2D eigenvalue weighted by Crippen LogP contribution is 2.46. The van der Waals surface area contributed by atoms with Gasteiger partial charge in [-0.05, 0) is 42.2 Å². The minimum absolute atomic E-state index is 0.0290. The van der Waals surface area contributed by atoms with E-state index in [1.165, 1.54) is 10.4 Å². The largest absolute Gasteiger partial charge is 0.496 e. The summed E-state index contributed by atoms with van der Waals surface area (Å²) in [6.07, 6.45) is 2.97. The smallest absolute Gasteiger partial charge is 0.256 e. The van der Waals surface area contributed by atoms with Gasteiger partial charge in [0.2, 0.25) is 0 Å². The zero-order chi connectivity index (χ0) is 18.5. The number of benzene rings is 1. The predicted molar refractivity (Wildman–Crippen MR) is 106 cm³/mol. The lowest BCUT2D eigenvalue weighted by Crippen LogP contribution is -2.38. The summed E-state index contributed by atoms with van der Waals surface area (Å²) in [5, 5.41) is 7.66. The molecule has 1 aromatic carbocycles. The van der Waals surface area contributed by atoms with Crippen molar-refractivity contribution in [2.24, 2.45) is 11.3 Å². The maximum Gasteiger partial charge on any atom is 0.256 e. The Balaban J connectivity index is 1.67. The number of carbonyl (C=O) groups excluding carboxylic acids is 1. The second kappa shape index (κ2) is 6.31. The van der Waals surface area contributed by atoms with Crippen molar-refractivity contribution in [2.75, 3.05) is 12.4 Å². The molecule has 0 bridgehead atoms. The molecule has 1 aromatic heterocycles. The zero-order valence-corrected chi connectivity index (χ0v) is 16.6. The second-order valence-corrected chi connectivity index (χ2v) is 9.41. The van der Waals surface area contributed by atoms with Gasteiger partial charge in [0.05, 0.1) is 12.7 Å². The molecular formula is C21H26N2O2S. The van der Waals surface area contributed by atoms with Crippen molar-refractivity contribution in [3.05, 3.63) is 45.8 Å². The quantitative estimate of drug-likeness (QED) is 0.801. The van der Waals surface area contributed by atoms with E-state index >= 15 is 0 Å². The molecule has 1 amide bonds. The number of carbonyl (C=O) groups is 1. The van der Waals surface area contributed by atoms with Gasteiger partial charge in [0, 0.05) is 10.4 Å². The summed E-state index contributed by atoms with van der Waals surface area (Å²) >= 11 is 1.76. The molecular weight excluding hydrogens is 344 g/mol. The fraction of sp³-hybridized carbons (Fsp3) is 0.476. The summed E-state index contributed by atoms with van der Waals surface area (Å²) in [5.74, 6) is 1.48. The van der Waals surface area contributed by atoms with Gasteiger partial charge in [0.25, 0.3) is 5.91 Å². The first-order chi connectivity index (χ1) is 12.4. The Morgan fingerprint density at radius 2 is 1.96 bits per heavy atom. The standard InChI is InChI=1S/C21H26N2O2S/c1-21(2,3)12-9-10-14-16(11-12)26-20-17(14)19(24)22-18(23-20)13-7-5-6-8-15(13)25-4/h5-8,12,18,23H,9-11H2,1-4H3,(H,22,24). The van der Waals surface area contributed by atoms with E-state index in [0.717, 1.165) is 41.1 Å². The Labute approximate surface area is 159 Å². The summed E-state index contributed by atoms with van der Waals surface area (Å²) in [6, 6.07) is 7.82. The third kappa shape index (κ3) is 2.88. The molecule has 26 heavy (non-hydrogen) atoms. The topological polar surface area (TPSA) is 50.4 Å². The SMILES string of the molecule is COc1ccccc1C1NC(=O)c2c(sc3c2CCC(C(C)(C)C)C3)N1. The normalized spacial score (nSPS) is 22.1. The zero-order valence-electron chi connectivity index (χ0n) is 15.8. The molecule has 138 valence electrons. The maximum atomic E-state index is 12.9. The number of ether oxygens (including phenoxy) is 1. The lowest BCUT2D eigenvalue weighted by molar-refractivity contribution is 0.0934. The monoisotopic (exact) mass is 370 g/mol. The number of amides is 1. The van der Waals surface area contributed by atoms with Gasteiger partial charge in [-0.3, -0.25) is 4.79 Å². The van der Waals surface area contributed by atoms with E-state index in [1.807, 2.05) is 24.3 Å². The fourth-order valence-corrected chi connectivity index (χ4v) is 5.45. The van der Waals surface area contributed by atoms with E-state index in [9.17, 15) is 4.79 Å². The number of anilines is 1. The van der Waals surface area contributed by atoms with Gasteiger partial charge in [-0.15, -0.1) is 11.3 Å². The molecule has 2 aliphatic rings. The van der Waals surface area contributed by atoms with Crippen LogP contribution in [-0.4, -0.2) is 13.0 Å². The number of hydrogen-bond acceptors (Lipinski definition) is 4.